The first-order valence-corrected chi connectivity index (χ1v) is 14.4. The maximum atomic E-state index is 13.1. The van der Waals surface area contributed by atoms with Crippen molar-refractivity contribution in [1.82, 2.24) is 20.1 Å². The van der Waals surface area contributed by atoms with Crippen molar-refractivity contribution in [2.24, 2.45) is 5.92 Å². The van der Waals surface area contributed by atoms with E-state index in [0.717, 1.165) is 14.8 Å². The lowest BCUT2D eigenvalue weighted by atomic mass is 10.0. The maximum Gasteiger partial charge on any atom is 0.253 e. The molecule has 0 aliphatic rings. The number of benzene rings is 2. The molecule has 2 amide bonds. The van der Waals surface area contributed by atoms with Crippen LogP contribution in [0.4, 0.5) is 5.69 Å². The van der Waals surface area contributed by atoms with Gasteiger partial charge in [-0.05, 0) is 83.8 Å². The molecule has 2 N–H and O–H groups in total. The number of hydrogen-bond acceptors (Lipinski definition) is 5. The van der Waals surface area contributed by atoms with Gasteiger partial charge >= 0.3 is 0 Å². The zero-order valence-corrected chi connectivity index (χ0v) is 25.2. The minimum absolute atomic E-state index is 0.145. The van der Waals surface area contributed by atoms with Gasteiger partial charge in [0.1, 0.15) is 0 Å². The van der Waals surface area contributed by atoms with Crippen molar-refractivity contribution in [3.8, 4) is 0 Å². The molecule has 0 aliphatic heterocycles. The Balaban J connectivity index is 1.79. The standard InChI is InChI=1S/C26H28Cl2IN5O2S/c1-5-10-34-24(22(11-15(2)3)31-25(36)19-8-6-17(27)13-20(19)28)32-33-26(34)37-14-23(35)30-21-9-7-18(29)12-16(21)4/h5-9,12-13,15,22H,1,10-11,14H2,2-4H3,(H,30,35)(H,31,36)/t22-/m0/s1. The summed E-state index contributed by atoms with van der Waals surface area (Å²) in [6.45, 7) is 10.4. The third-order valence-electron chi connectivity index (χ3n) is 5.35. The van der Waals surface area contributed by atoms with Crippen LogP contribution in [0.5, 0.6) is 0 Å². The summed E-state index contributed by atoms with van der Waals surface area (Å²) in [5.74, 6) is 0.528. The van der Waals surface area contributed by atoms with Gasteiger partial charge in [-0.15, -0.1) is 16.8 Å². The summed E-state index contributed by atoms with van der Waals surface area (Å²) in [6, 6.07) is 10.2. The third-order valence-corrected chi connectivity index (χ3v) is 7.54. The van der Waals surface area contributed by atoms with Gasteiger partial charge in [-0.3, -0.25) is 9.59 Å². The number of rotatable bonds is 11. The molecule has 7 nitrogen and oxygen atoms in total. The molecule has 3 rings (SSSR count). The Hall–Kier alpha value is -2.08. The molecule has 1 aromatic heterocycles. The van der Waals surface area contributed by atoms with E-state index in [1.807, 2.05) is 29.7 Å². The summed E-state index contributed by atoms with van der Waals surface area (Å²) in [6.07, 6.45) is 2.36. The summed E-state index contributed by atoms with van der Waals surface area (Å²) >= 11 is 15.8. The molecule has 2 aromatic carbocycles. The molecule has 0 saturated carbocycles. The average Bonchev–Trinajstić information content (AvgIpc) is 3.21. The minimum atomic E-state index is -0.427. The Morgan fingerprint density at radius 3 is 2.59 bits per heavy atom. The fourth-order valence-corrected chi connectivity index (χ4v) is 5.55. The van der Waals surface area contributed by atoms with Gasteiger partial charge in [0, 0.05) is 20.8 Å². The van der Waals surface area contributed by atoms with E-state index in [2.05, 4.69) is 63.8 Å². The molecule has 1 atom stereocenters. The summed E-state index contributed by atoms with van der Waals surface area (Å²) in [5, 5.41) is 16.0. The highest BCUT2D eigenvalue weighted by atomic mass is 127. The molecule has 0 fully saturated rings. The summed E-state index contributed by atoms with van der Waals surface area (Å²) in [7, 11) is 0. The van der Waals surface area contributed by atoms with Crippen LogP contribution >= 0.6 is 57.6 Å². The van der Waals surface area contributed by atoms with Crippen molar-refractivity contribution in [2.45, 2.75) is 44.9 Å². The molecular formula is C26H28Cl2IN5O2S. The van der Waals surface area contributed by atoms with Crippen molar-refractivity contribution < 1.29 is 9.59 Å². The number of aryl methyl sites for hydroxylation is 1. The van der Waals surface area contributed by atoms with Crippen LogP contribution in [0, 0.1) is 16.4 Å². The van der Waals surface area contributed by atoms with Crippen LogP contribution in [-0.2, 0) is 11.3 Å². The highest BCUT2D eigenvalue weighted by Crippen LogP contribution is 2.27. The average molecular weight is 672 g/mol. The molecule has 0 saturated heterocycles. The number of carbonyl (C=O) groups is 2. The number of nitrogens with one attached hydrogen (secondary N) is 2. The Morgan fingerprint density at radius 2 is 1.95 bits per heavy atom. The van der Waals surface area contributed by atoms with Gasteiger partial charge < -0.3 is 15.2 Å². The van der Waals surface area contributed by atoms with E-state index in [-0.39, 0.29) is 28.5 Å². The third kappa shape index (κ3) is 8.20. The summed E-state index contributed by atoms with van der Waals surface area (Å²) in [4.78, 5) is 25.7. The number of thioether (sulfide) groups is 1. The number of anilines is 1. The van der Waals surface area contributed by atoms with E-state index in [1.165, 1.54) is 17.8 Å². The van der Waals surface area contributed by atoms with Crippen LogP contribution in [-0.4, -0.2) is 32.3 Å². The fraction of sp³-hybridized carbons (Fsp3) is 0.308. The van der Waals surface area contributed by atoms with E-state index >= 15 is 0 Å². The van der Waals surface area contributed by atoms with Crippen LogP contribution in [0.15, 0.2) is 54.2 Å². The maximum absolute atomic E-state index is 13.1. The minimum Gasteiger partial charge on any atom is -0.342 e. The lowest BCUT2D eigenvalue weighted by molar-refractivity contribution is -0.113. The van der Waals surface area contributed by atoms with Gasteiger partial charge in [-0.2, -0.15) is 0 Å². The zero-order chi connectivity index (χ0) is 27.1. The van der Waals surface area contributed by atoms with Crippen LogP contribution in [0.3, 0.4) is 0 Å². The summed E-state index contributed by atoms with van der Waals surface area (Å²) < 4.78 is 2.98. The number of allylic oxidation sites excluding steroid dienone is 1. The Kier molecular flexibility index (Phi) is 10.9. The second kappa shape index (κ2) is 13.6. The number of amides is 2. The van der Waals surface area contributed by atoms with E-state index < -0.39 is 6.04 Å². The number of hydrogen-bond donors (Lipinski definition) is 2. The zero-order valence-electron chi connectivity index (χ0n) is 20.7. The molecule has 196 valence electrons. The van der Waals surface area contributed by atoms with Crippen LogP contribution < -0.4 is 10.6 Å². The van der Waals surface area contributed by atoms with Crippen LogP contribution in [0.2, 0.25) is 10.0 Å². The van der Waals surface area contributed by atoms with Crippen molar-refractivity contribution in [1.29, 1.82) is 0 Å². The molecular weight excluding hydrogens is 644 g/mol. The Bertz CT molecular complexity index is 1300. The van der Waals surface area contributed by atoms with Gasteiger partial charge in [0.15, 0.2) is 11.0 Å². The van der Waals surface area contributed by atoms with Gasteiger partial charge in [-0.1, -0.05) is 54.9 Å². The molecule has 11 heteroatoms. The predicted octanol–water partition coefficient (Wildman–Crippen LogP) is 6.93. The van der Waals surface area contributed by atoms with Crippen molar-refractivity contribution in [3.05, 3.63) is 79.6 Å². The van der Waals surface area contributed by atoms with E-state index in [4.69, 9.17) is 23.2 Å². The molecule has 0 spiro atoms. The second-order valence-electron chi connectivity index (χ2n) is 8.82. The number of halogens is 3. The largest absolute Gasteiger partial charge is 0.342 e. The number of aromatic nitrogens is 3. The lowest BCUT2D eigenvalue weighted by Gasteiger charge is -2.21. The molecule has 0 unspecified atom stereocenters. The molecule has 3 aromatic rings. The first kappa shape index (κ1) is 29.5. The van der Waals surface area contributed by atoms with Crippen LogP contribution in [0.1, 0.15) is 48.1 Å². The van der Waals surface area contributed by atoms with Crippen molar-refractivity contribution in [2.75, 3.05) is 11.1 Å². The number of carbonyl (C=O) groups excluding carboxylic acids is 2. The fourth-order valence-electron chi connectivity index (χ4n) is 3.66. The topological polar surface area (TPSA) is 88.9 Å². The smallest absolute Gasteiger partial charge is 0.253 e. The quantitative estimate of drug-likeness (QED) is 0.131. The van der Waals surface area contributed by atoms with Gasteiger partial charge in [0.2, 0.25) is 5.91 Å². The highest BCUT2D eigenvalue weighted by molar-refractivity contribution is 14.1. The van der Waals surface area contributed by atoms with Crippen molar-refractivity contribution >= 4 is 75.1 Å². The summed E-state index contributed by atoms with van der Waals surface area (Å²) in [5.41, 5.74) is 2.10. The highest BCUT2D eigenvalue weighted by Gasteiger charge is 2.25. The van der Waals surface area contributed by atoms with Gasteiger partial charge in [0.25, 0.3) is 5.91 Å². The second-order valence-corrected chi connectivity index (χ2v) is 11.8. The molecule has 0 radical (unpaired) electrons. The molecule has 0 aliphatic carbocycles. The first-order chi connectivity index (χ1) is 17.6. The normalized spacial score (nSPS) is 11.9. The lowest BCUT2D eigenvalue weighted by Crippen LogP contribution is -2.32. The molecule has 0 bridgehead atoms. The van der Waals surface area contributed by atoms with E-state index in [9.17, 15) is 9.59 Å². The van der Waals surface area contributed by atoms with E-state index in [1.54, 1.807) is 18.2 Å². The first-order valence-electron chi connectivity index (χ1n) is 11.6. The Labute approximate surface area is 244 Å². The van der Waals surface area contributed by atoms with Gasteiger partial charge in [-0.25, -0.2) is 0 Å². The molecule has 1 heterocycles. The van der Waals surface area contributed by atoms with Crippen LogP contribution in [0.25, 0.3) is 0 Å². The SMILES string of the molecule is C=CCn1c(SCC(=O)Nc2ccc(I)cc2C)nnc1[C@H](CC(C)C)NC(=O)c1ccc(Cl)cc1Cl. The predicted molar refractivity (Wildman–Crippen MR) is 160 cm³/mol. The van der Waals surface area contributed by atoms with Crippen molar-refractivity contribution in [3.63, 3.8) is 0 Å². The van der Waals surface area contributed by atoms with Gasteiger partial charge in [0.05, 0.1) is 22.4 Å². The number of nitrogens with zero attached hydrogens (tertiary/aromatic N) is 3. The monoisotopic (exact) mass is 671 g/mol. The Morgan fingerprint density at radius 1 is 1.19 bits per heavy atom. The van der Waals surface area contributed by atoms with E-state index in [0.29, 0.717) is 34.5 Å². The molecule has 37 heavy (non-hydrogen) atoms.